The van der Waals surface area contributed by atoms with E-state index in [-0.39, 0.29) is 12.0 Å². The maximum Gasteiger partial charge on any atom is 0.224 e. The number of nitrogen functional groups attached to an aromatic ring is 2. The van der Waals surface area contributed by atoms with Gasteiger partial charge in [-0.15, -0.1) is 0 Å². The monoisotopic (exact) mass is 401 g/mol. The largest absolute Gasteiger partial charge is 0.497 e. The molecule has 2 aromatic carbocycles. The summed E-state index contributed by atoms with van der Waals surface area (Å²) in [5.41, 5.74) is 16.2. The van der Waals surface area contributed by atoms with E-state index in [9.17, 15) is 0 Å². The minimum absolute atomic E-state index is 0.0942. The molecule has 0 saturated carbocycles. The molecular formula is C22H23N7O. The van der Waals surface area contributed by atoms with E-state index in [1.165, 1.54) is 16.8 Å². The van der Waals surface area contributed by atoms with E-state index in [2.05, 4.69) is 56.4 Å². The van der Waals surface area contributed by atoms with Gasteiger partial charge in [0.25, 0.3) is 0 Å². The number of anilines is 3. The Bertz CT molecular complexity index is 1220. The van der Waals surface area contributed by atoms with E-state index < -0.39 is 0 Å². The Hall–Kier alpha value is -3.81. The number of rotatable bonds is 4. The second kappa shape index (κ2) is 7.22. The second-order valence-electron chi connectivity index (χ2n) is 7.51. The molecule has 1 aliphatic heterocycles. The van der Waals surface area contributed by atoms with Gasteiger partial charge in [-0.25, -0.2) is 4.68 Å². The average molecular weight is 401 g/mol. The van der Waals surface area contributed by atoms with Crippen LogP contribution in [0.15, 0.2) is 54.7 Å². The SMILES string of the molecule is COc1cccc(CN2CC(n3ncc4c(N)nc(N)nc43)Cc3ccccc32)c1. The minimum atomic E-state index is 0.0942. The quantitative estimate of drug-likeness (QED) is 0.541. The third kappa shape index (κ3) is 3.16. The first-order chi connectivity index (χ1) is 14.6. The molecule has 30 heavy (non-hydrogen) atoms. The van der Waals surface area contributed by atoms with Crippen molar-refractivity contribution in [2.24, 2.45) is 0 Å². The Morgan fingerprint density at radius 3 is 2.83 bits per heavy atom. The summed E-state index contributed by atoms with van der Waals surface area (Å²) in [5.74, 6) is 1.37. The smallest absolute Gasteiger partial charge is 0.224 e. The molecule has 0 fully saturated rings. The number of hydrogen-bond acceptors (Lipinski definition) is 7. The predicted molar refractivity (Wildman–Crippen MR) is 117 cm³/mol. The fourth-order valence-corrected chi connectivity index (χ4v) is 4.20. The summed E-state index contributed by atoms with van der Waals surface area (Å²) in [5, 5.41) is 5.32. The molecule has 4 aromatic rings. The van der Waals surface area contributed by atoms with Crippen LogP contribution in [0.2, 0.25) is 0 Å². The first-order valence-electron chi connectivity index (χ1n) is 9.84. The fourth-order valence-electron chi connectivity index (χ4n) is 4.20. The molecule has 4 N–H and O–H groups in total. The summed E-state index contributed by atoms with van der Waals surface area (Å²) in [6.07, 6.45) is 2.57. The van der Waals surface area contributed by atoms with Gasteiger partial charge in [-0.1, -0.05) is 30.3 Å². The lowest BCUT2D eigenvalue weighted by Crippen LogP contribution is -2.36. The standard InChI is InChI=1S/C22H23N7O/c1-30-17-7-4-5-14(9-17)12-28-13-16(10-15-6-2-3-8-19(15)28)29-21-18(11-25-29)20(23)26-22(24)27-21/h2-9,11,16H,10,12-13H2,1H3,(H4,23,24,26,27). The number of nitrogens with zero attached hydrogens (tertiary/aromatic N) is 5. The maximum absolute atomic E-state index is 6.03. The predicted octanol–water partition coefficient (Wildman–Crippen LogP) is 2.80. The van der Waals surface area contributed by atoms with Crippen molar-refractivity contribution >= 4 is 28.5 Å². The van der Waals surface area contributed by atoms with Crippen LogP contribution in [0.5, 0.6) is 5.75 Å². The number of fused-ring (bicyclic) bond motifs is 2. The highest BCUT2D eigenvalue weighted by Gasteiger charge is 2.28. The van der Waals surface area contributed by atoms with Gasteiger partial charge in [-0.2, -0.15) is 15.1 Å². The van der Waals surface area contributed by atoms with Crippen molar-refractivity contribution in [2.75, 3.05) is 30.0 Å². The Balaban J connectivity index is 1.53. The van der Waals surface area contributed by atoms with Crippen LogP contribution in [0.3, 0.4) is 0 Å². The highest BCUT2D eigenvalue weighted by Crippen LogP contribution is 2.34. The molecule has 0 spiro atoms. The molecule has 8 nitrogen and oxygen atoms in total. The Labute approximate surface area is 174 Å². The van der Waals surface area contributed by atoms with Gasteiger partial charge in [-0.3, -0.25) is 0 Å². The molecule has 3 heterocycles. The summed E-state index contributed by atoms with van der Waals surface area (Å²) in [6.45, 7) is 1.55. The highest BCUT2D eigenvalue weighted by molar-refractivity contribution is 5.86. The number of nitrogens with two attached hydrogens (primary N) is 2. The molecule has 2 aromatic heterocycles. The fraction of sp³-hybridized carbons (Fsp3) is 0.227. The number of hydrogen-bond donors (Lipinski definition) is 2. The molecule has 1 unspecified atom stereocenters. The molecule has 5 rings (SSSR count). The van der Waals surface area contributed by atoms with Gasteiger partial charge in [0.1, 0.15) is 11.6 Å². The third-order valence-corrected chi connectivity index (χ3v) is 5.57. The van der Waals surface area contributed by atoms with Crippen LogP contribution in [0.25, 0.3) is 11.0 Å². The summed E-state index contributed by atoms with van der Waals surface area (Å²) in [6, 6.07) is 16.8. The lowest BCUT2D eigenvalue weighted by Gasteiger charge is -2.36. The van der Waals surface area contributed by atoms with Crippen LogP contribution in [-0.4, -0.2) is 33.4 Å². The van der Waals surface area contributed by atoms with Gasteiger partial charge in [0.15, 0.2) is 5.65 Å². The van der Waals surface area contributed by atoms with Crippen molar-refractivity contribution in [2.45, 2.75) is 19.0 Å². The topological polar surface area (TPSA) is 108 Å². The van der Waals surface area contributed by atoms with Crippen molar-refractivity contribution in [1.29, 1.82) is 0 Å². The first-order valence-corrected chi connectivity index (χ1v) is 9.84. The van der Waals surface area contributed by atoms with Gasteiger partial charge >= 0.3 is 0 Å². The van der Waals surface area contributed by atoms with Crippen LogP contribution in [-0.2, 0) is 13.0 Å². The molecule has 1 aliphatic rings. The van der Waals surface area contributed by atoms with Crippen molar-refractivity contribution in [1.82, 2.24) is 19.7 Å². The normalized spacial score (nSPS) is 15.9. The Kier molecular flexibility index (Phi) is 4.39. The zero-order chi connectivity index (χ0) is 20.7. The highest BCUT2D eigenvalue weighted by atomic mass is 16.5. The zero-order valence-corrected chi connectivity index (χ0v) is 16.7. The number of methoxy groups -OCH3 is 1. The molecule has 0 saturated heterocycles. The second-order valence-corrected chi connectivity index (χ2v) is 7.51. The van der Waals surface area contributed by atoms with Crippen LogP contribution in [0.4, 0.5) is 17.5 Å². The first kappa shape index (κ1) is 18.2. The van der Waals surface area contributed by atoms with Gasteiger partial charge in [0.05, 0.1) is 24.7 Å². The van der Waals surface area contributed by atoms with E-state index in [0.717, 1.165) is 30.6 Å². The van der Waals surface area contributed by atoms with Crippen molar-refractivity contribution < 1.29 is 4.74 Å². The van der Waals surface area contributed by atoms with Crippen LogP contribution in [0, 0.1) is 0 Å². The van der Waals surface area contributed by atoms with Crippen LogP contribution in [0.1, 0.15) is 17.2 Å². The van der Waals surface area contributed by atoms with Crippen LogP contribution < -0.4 is 21.1 Å². The lowest BCUT2D eigenvalue weighted by atomic mass is 9.97. The summed E-state index contributed by atoms with van der Waals surface area (Å²) >= 11 is 0. The van der Waals surface area contributed by atoms with Gasteiger partial charge in [0.2, 0.25) is 5.95 Å². The molecular weight excluding hydrogens is 378 g/mol. The van der Waals surface area contributed by atoms with Crippen LogP contribution >= 0.6 is 0 Å². The summed E-state index contributed by atoms with van der Waals surface area (Å²) in [4.78, 5) is 10.8. The van der Waals surface area contributed by atoms with E-state index in [1.54, 1.807) is 13.3 Å². The Morgan fingerprint density at radius 2 is 1.97 bits per heavy atom. The number of benzene rings is 2. The van der Waals surface area contributed by atoms with Crippen molar-refractivity contribution in [3.63, 3.8) is 0 Å². The molecule has 0 aliphatic carbocycles. The molecule has 1 atom stereocenters. The van der Waals surface area contributed by atoms with E-state index in [4.69, 9.17) is 16.2 Å². The average Bonchev–Trinajstić information content (AvgIpc) is 3.18. The molecule has 0 amide bonds. The van der Waals surface area contributed by atoms with Gasteiger partial charge in [0, 0.05) is 18.8 Å². The van der Waals surface area contributed by atoms with Crippen molar-refractivity contribution in [3.8, 4) is 5.75 Å². The molecule has 0 bridgehead atoms. The van der Waals surface area contributed by atoms with E-state index in [1.807, 2.05) is 16.8 Å². The van der Waals surface area contributed by atoms with Gasteiger partial charge in [-0.05, 0) is 35.7 Å². The van der Waals surface area contributed by atoms with E-state index >= 15 is 0 Å². The maximum atomic E-state index is 6.03. The summed E-state index contributed by atoms with van der Waals surface area (Å²) < 4.78 is 7.32. The molecule has 8 heteroatoms. The van der Waals surface area contributed by atoms with Gasteiger partial charge < -0.3 is 21.1 Å². The molecule has 0 radical (unpaired) electrons. The number of para-hydroxylation sites is 1. The Morgan fingerprint density at radius 1 is 1.10 bits per heavy atom. The van der Waals surface area contributed by atoms with E-state index in [0.29, 0.717) is 11.5 Å². The zero-order valence-electron chi connectivity index (χ0n) is 16.7. The van der Waals surface area contributed by atoms with Crippen molar-refractivity contribution in [3.05, 3.63) is 65.9 Å². The third-order valence-electron chi connectivity index (χ3n) is 5.57. The lowest BCUT2D eigenvalue weighted by molar-refractivity contribution is 0.413. The number of ether oxygens (including phenoxy) is 1. The minimum Gasteiger partial charge on any atom is -0.497 e. The molecule has 152 valence electrons. The summed E-state index contributed by atoms with van der Waals surface area (Å²) in [7, 11) is 1.69. The number of aromatic nitrogens is 4.